The second kappa shape index (κ2) is 7.11. The monoisotopic (exact) mass is 246 g/mol. The van der Waals surface area contributed by atoms with Crippen molar-refractivity contribution in [3.63, 3.8) is 0 Å². The van der Waals surface area contributed by atoms with E-state index in [0.717, 1.165) is 0 Å². The highest BCUT2D eigenvalue weighted by Crippen LogP contribution is 2.13. The number of nitrogens with zero attached hydrogens (tertiary/aromatic N) is 1. The van der Waals surface area contributed by atoms with Gasteiger partial charge < -0.3 is 20.1 Å². The number of ether oxygens (including phenoxy) is 1. The van der Waals surface area contributed by atoms with Crippen molar-refractivity contribution in [1.82, 2.24) is 10.2 Å². The molecule has 0 saturated heterocycles. The van der Waals surface area contributed by atoms with E-state index in [9.17, 15) is 9.59 Å². The van der Waals surface area contributed by atoms with Crippen molar-refractivity contribution < 1.29 is 19.4 Å². The van der Waals surface area contributed by atoms with Gasteiger partial charge >= 0.3 is 12.0 Å². The predicted octanol–water partition coefficient (Wildman–Crippen LogP) is 0.775. The molecule has 6 heteroatoms. The molecular weight excluding hydrogens is 224 g/mol. The van der Waals surface area contributed by atoms with E-state index >= 15 is 0 Å². The quantitative estimate of drug-likeness (QED) is 0.695. The summed E-state index contributed by atoms with van der Waals surface area (Å²) in [7, 11) is 3.18. The predicted molar refractivity (Wildman–Crippen MR) is 63.9 cm³/mol. The molecule has 0 saturated carbocycles. The number of methoxy groups -OCH3 is 1. The van der Waals surface area contributed by atoms with Crippen LogP contribution in [0.5, 0.6) is 0 Å². The highest BCUT2D eigenvalue weighted by atomic mass is 16.5. The molecule has 0 rings (SSSR count). The minimum Gasteiger partial charge on any atom is -0.481 e. The Bertz CT molecular complexity index is 266. The molecule has 0 unspecified atom stereocenters. The summed E-state index contributed by atoms with van der Waals surface area (Å²) >= 11 is 0. The molecule has 0 aromatic heterocycles. The fraction of sp³-hybridized carbons (Fsp3) is 0.818. The zero-order valence-corrected chi connectivity index (χ0v) is 10.9. The highest BCUT2D eigenvalue weighted by molar-refractivity contribution is 5.75. The van der Waals surface area contributed by atoms with Crippen LogP contribution in [0, 0.1) is 5.41 Å². The first kappa shape index (κ1) is 15.7. The molecule has 0 fully saturated rings. The fourth-order valence-electron chi connectivity index (χ4n) is 1.26. The van der Waals surface area contributed by atoms with E-state index in [4.69, 9.17) is 9.84 Å². The SMILES string of the molecule is COCC(C)(C)CNC(=O)N(C)CCC(=O)O. The van der Waals surface area contributed by atoms with Crippen LogP contribution < -0.4 is 5.32 Å². The van der Waals surface area contributed by atoms with Crippen molar-refractivity contribution in [2.75, 3.05) is 33.9 Å². The van der Waals surface area contributed by atoms with Crippen molar-refractivity contribution in [1.29, 1.82) is 0 Å². The van der Waals surface area contributed by atoms with E-state index in [1.807, 2.05) is 13.8 Å². The second-order valence-electron chi connectivity index (χ2n) is 4.82. The molecule has 0 radical (unpaired) electrons. The zero-order valence-electron chi connectivity index (χ0n) is 10.9. The Labute approximate surface area is 102 Å². The van der Waals surface area contributed by atoms with Gasteiger partial charge in [-0.05, 0) is 0 Å². The van der Waals surface area contributed by atoms with Gasteiger partial charge in [0.15, 0.2) is 0 Å². The molecule has 0 aliphatic carbocycles. The summed E-state index contributed by atoms with van der Waals surface area (Å²) in [5.41, 5.74) is -0.141. The Balaban J connectivity index is 3.96. The van der Waals surface area contributed by atoms with E-state index in [1.165, 1.54) is 4.90 Å². The third-order valence-corrected chi connectivity index (χ3v) is 2.26. The largest absolute Gasteiger partial charge is 0.481 e. The van der Waals surface area contributed by atoms with Gasteiger partial charge in [-0.3, -0.25) is 4.79 Å². The normalized spacial score (nSPS) is 11.1. The highest BCUT2D eigenvalue weighted by Gasteiger charge is 2.19. The van der Waals surface area contributed by atoms with Crippen LogP contribution in [0.4, 0.5) is 4.79 Å². The van der Waals surface area contributed by atoms with Gasteiger partial charge in [-0.1, -0.05) is 13.8 Å². The fourth-order valence-corrected chi connectivity index (χ4v) is 1.26. The summed E-state index contributed by atoms with van der Waals surface area (Å²) in [6, 6.07) is -0.268. The summed E-state index contributed by atoms with van der Waals surface area (Å²) in [4.78, 5) is 23.3. The van der Waals surface area contributed by atoms with Crippen molar-refractivity contribution in [3.8, 4) is 0 Å². The first-order valence-electron chi connectivity index (χ1n) is 5.48. The van der Waals surface area contributed by atoms with E-state index in [0.29, 0.717) is 13.2 Å². The number of aliphatic carboxylic acids is 1. The summed E-state index contributed by atoms with van der Waals surface area (Å²) < 4.78 is 5.04. The van der Waals surface area contributed by atoms with E-state index in [-0.39, 0.29) is 24.4 Å². The van der Waals surface area contributed by atoms with Gasteiger partial charge in [-0.15, -0.1) is 0 Å². The van der Waals surface area contributed by atoms with E-state index in [1.54, 1.807) is 14.2 Å². The molecule has 0 heterocycles. The molecule has 0 spiro atoms. The molecule has 100 valence electrons. The number of carbonyl (C=O) groups excluding carboxylic acids is 1. The first-order valence-corrected chi connectivity index (χ1v) is 5.48. The topological polar surface area (TPSA) is 78.9 Å². The van der Waals surface area contributed by atoms with Crippen molar-refractivity contribution >= 4 is 12.0 Å². The standard InChI is InChI=1S/C11H22N2O4/c1-11(2,8-17-4)7-12-10(16)13(3)6-5-9(14)15/h5-8H2,1-4H3,(H,12,16)(H,14,15). The average molecular weight is 246 g/mol. The van der Waals surface area contributed by atoms with Gasteiger partial charge in [-0.2, -0.15) is 0 Å². The van der Waals surface area contributed by atoms with Gasteiger partial charge in [0.2, 0.25) is 0 Å². The number of urea groups is 1. The number of carboxylic acid groups (broad SMARTS) is 1. The summed E-state index contributed by atoms with van der Waals surface area (Å²) in [5, 5.41) is 11.2. The maximum atomic E-state index is 11.6. The molecule has 0 atom stereocenters. The molecule has 0 aromatic carbocycles. The lowest BCUT2D eigenvalue weighted by molar-refractivity contribution is -0.137. The number of rotatable bonds is 7. The third-order valence-electron chi connectivity index (χ3n) is 2.26. The number of carbonyl (C=O) groups is 2. The molecule has 0 bridgehead atoms. The third kappa shape index (κ3) is 7.57. The van der Waals surface area contributed by atoms with Crippen LogP contribution in [0.15, 0.2) is 0 Å². The Morgan fingerprint density at radius 3 is 2.47 bits per heavy atom. The minimum absolute atomic E-state index is 0.0502. The van der Waals surface area contributed by atoms with Gasteiger partial charge in [0.1, 0.15) is 0 Å². The number of nitrogens with one attached hydrogen (secondary N) is 1. The Hall–Kier alpha value is -1.30. The molecule has 2 amide bonds. The van der Waals surface area contributed by atoms with Gasteiger partial charge in [-0.25, -0.2) is 4.79 Å². The average Bonchev–Trinajstić information content (AvgIpc) is 2.22. The summed E-state index contributed by atoms with van der Waals surface area (Å²) in [6.45, 7) is 5.19. The van der Waals surface area contributed by atoms with Crippen LogP contribution in [0.3, 0.4) is 0 Å². The lowest BCUT2D eigenvalue weighted by Crippen LogP contribution is -2.43. The lowest BCUT2D eigenvalue weighted by atomic mass is 9.95. The molecule has 2 N–H and O–H groups in total. The van der Waals surface area contributed by atoms with Gasteiger partial charge in [0.25, 0.3) is 0 Å². The van der Waals surface area contributed by atoms with Crippen LogP contribution >= 0.6 is 0 Å². The maximum Gasteiger partial charge on any atom is 0.317 e. The lowest BCUT2D eigenvalue weighted by Gasteiger charge is -2.25. The van der Waals surface area contributed by atoms with Gasteiger partial charge in [0, 0.05) is 32.7 Å². The van der Waals surface area contributed by atoms with Crippen LogP contribution in [0.2, 0.25) is 0 Å². The number of carboxylic acids is 1. The first-order chi connectivity index (χ1) is 7.78. The van der Waals surface area contributed by atoms with Crippen molar-refractivity contribution in [2.45, 2.75) is 20.3 Å². The Morgan fingerprint density at radius 1 is 1.41 bits per heavy atom. The molecule has 17 heavy (non-hydrogen) atoms. The smallest absolute Gasteiger partial charge is 0.317 e. The zero-order chi connectivity index (χ0) is 13.5. The van der Waals surface area contributed by atoms with Crippen LogP contribution in [-0.2, 0) is 9.53 Å². The molecule has 0 aromatic rings. The minimum atomic E-state index is -0.913. The number of amides is 2. The molecule has 6 nitrogen and oxygen atoms in total. The van der Waals surface area contributed by atoms with Crippen molar-refractivity contribution in [3.05, 3.63) is 0 Å². The number of hydrogen-bond donors (Lipinski definition) is 2. The molecule has 0 aliphatic heterocycles. The summed E-state index contributed by atoms with van der Waals surface area (Å²) in [6.07, 6.45) is -0.0502. The van der Waals surface area contributed by atoms with Crippen LogP contribution in [-0.4, -0.2) is 55.9 Å². The molecule has 0 aliphatic rings. The summed E-state index contributed by atoms with van der Waals surface area (Å²) in [5.74, 6) is -0.913. The van der Waals surface area contributed by atoms with Crippen LogP contribution in [0.25, 0.3) is 0 Å². The second-order valence-corrected chi connectivity index (χ2v) is 4.82. The Morgan fingerprint density at radius 2 is 2.00 bits per heavy atom. The van der Waals surface area contributed by atoms with Crippen LogP contribution in [0.1, 0.15) is 20.3 Å². The van der Waals surface area contributed by atoms with E-state index < -0.39 is 5.97 Å². The number of hydrogen-bond acceptors (Lipinski definition) is 3. The van der Waals surface area contributed by atoms with Gasteiger partial charge in [0.05, 0.1) is 13.0 Å². The van der Waals surface area contributed by atoms with Crippen molar-refractivity contribution in [2.24, 2.45) is 5.41 Å². The van der Waals surface area contributed by atoms with E-state index in [2.05, 4.69) is 5.32 Å². The Kier molecular flexibility index (Phi) is 6.57. The maximum absolute atomic E-state index is 11.6. The molecular formula is C11H22N2O4.